The van der Waals surface area contributed by atoms with E-state index in [0.29, 0.717) is 25.3 Å². The van der Waals surface area contributed by atoms with E-state index in [9.17, 15) is 18.4 Å². The number of nitrogens with one attached hydrogen (secondary N) is 3. The fraction of sp³-hybridized carbons (Fsp3) is 0.286. The quantitative estimate of drug-likeness (QED) is 0.535. The highest BCUT2D eigenvalue weighted by atomic mass is 35.5. The predicted molar refractivity (Wildman–Crippen MR) is 111 cm³/mol. The van der Waals surface area contributed by atoms with Gasteiger partial charge >= 0.3 is 5.76 Å². The molecular weight excluding hydrogens is 446 g/mol. The van der Waals surface area contributed by atoms with Crippen LogP contribution in [0.4, 0.5) is 8.78 Å². The molecule has 0 spiro atoms. The van der Waals surface area contributed by atoms with Crippen molar-refractivity contribution < 1.29 is 22.8 Å². The van der Waals surface area contributed by atoms with Crippen molar-refractivity contribution in [3.8, 4) is 11.4 Å². The van der Waals surface area contributed by atoms with Crippen LogP contribution < -0.4 is 16.4 Å². The van der Waals surface area contributed by atoms with Crippen LogP contribution in [0.3, 0.4) is 0 Å². The van der Waals surface area contributed by atoms with Crippen LogP contribution in [-0.2, 0) is 4.74 Å². The maximum Gasteiger partial charge on any atom is 0.439 e. The van der Waals surface area contributed by atoms with Crippen molar-refractivity contribution in [2.75, 3.05) is 26.2 Å². The number of amides is 1. The highest BCUT2D eigenvalue weighted by molar-refractivity contribution is 6.30. The second kappa shape index (κ2) is 9.60. The monoisotopic (exact) mass is 464 g/mol. The fourth-order valence-corrected chi connectivity index (χ4v) is 3.68. The van der Waals surface area contributed by atoms with Crippen molar-refractivity contribution in [3.05, 3.63) is 74.7 Å². The molecule has 0 aliphatic carbocycles. The maximum absolute atomic E-state index is 14.1. The standard InChI is InChI=1S/C21H19ClF2N4O4/c22-16-2-1-11(8-17(16)24)18-14(9-25-3-4-31-18)10-26-20(29)13-5-12(6-15(23)7-13)19-27-21(30)32-28-19/h1-2,5-8,14,18,25H,3-4,9-10H2,(H,26,29)(H,27,28,30)/t14-,18-/m0/s1. The van der Waals surface area contributed by atoms with Gasteiger partial charge in [-0.25, -0.2) is 13.6 Å². The molecule has 0 unspecified atom stereocenters. The summed E-state index contributed by atoms with van der Waals surface area (Å²) in [5.41, 5.74) is 0.841. The molecule has 1 amide bonds. The number of ether oxygens (including phenoxy) is 1. The Hall–Kier alpha value is -3.08. The lowest BCUT2D eigenvalue weighted by atomic mass is 9.95. The molecule has 3 N–H and O–H groups in total. The van der Waals surface area contributed by atoms with Crippen LogP contribution >= 0.6 is 11.6 Å². The van der Waals surface area contributed by atoms with Gasteiger partial charge in [0, 0.05) is 36.7 Å². The number of halogens is 3. The first kappa shape index (κ1) is 22.1. The molecule has 4 rings (SSSR count). The lowest BCUT2D eigenvalue weighted by Crippen LogP contribution is -2.36. The molecule has 1 saturated heterocycles. The molecule has 32 heavy (non-hydrogen) atoms. The Kier molecular flexibility index (Phi) is 6.63. The summed E-state index contributed by atoms with van der Waals surface area (Å²) in [6.07, 6.45) is -0.472. The number of H-pyrrole nitrogens is 1. The van der Waals surface area contributed by atoms with Gasteiger partial charge in [-0.15, -0.1) is 0 Å². The second-order valence-electron chi connectivity index (χ2n) is 7.31. The van der Waals surface area contributed by atoms with Crippen molar-refractivity contribution in [3.63, 3.8) is 0 Å². The second-order valence-corrected chi connectivity index (χ2v) is 7.72. The fourth-order valence-electron chi connectivity index (χ4n) is 3.56. The minimum Gasteiger partial charge on any atom is -0.372 e. The van der Waals surface area contributed by atoms with Gasteiger partial charge in [-0.1, -0.05) is 22.8 Å². The molecule has 11 heteroatoms. The number of carbonyl (C=O) groups excluding carboxylic acids is 1. The zero-order valence-corrected chi connectivity index (χ0v) is 17.4. The molecule has 0 saturated carbocycles. The molecule has 168 valence electrons. The first-order valence-electron chi connectivity index (χ1n) is 9.83. The third kappa shape index (κ3) is 5.04. The van der Waals surface area contributed by atoms with Crippen LogP contribution in [0, 0.1) is 17.6 Å². The zero-order chi connectivity index (χ0) is 22.7. The molecule has 1 aromatic heterocycles. The number of hydrogen-bond donors (Lipinski definition) is 3. The van der Waals surface area contributed by atoms with Gasteiger partial charge in [-0.05, 0) is 35.9 Å². The average molecular weight is 465 g/mol. The van der Waals surface area contributed by atoms with E-state index in [1.807, 2.05) is 0 Å². The molecule has 2 heterocycles. The first-order chi connectivity index (χ1) is 15.4. The lowest BCUT2D eigenvalue weighted by Gasteiger charge is -2.25. The van der Waals surface area contributed by atoms with Gasteiger partial charge in [-0.2, -0.15) is 0 Å². The van der Waals surface area contributed by atoms with E-state index in [1.54, 1.807) is 6.07 Å². The number of benzene rings is 2. The van der Waals surface area contributed by atoms with E-state index < -0.39 is 29.4 Å². The van der Waals surface area contributed by atoms with E-state index >= 15 is 0 Å². The molecule has 1 fully saturated rings. The van der Waals surface area contributed by atoms with Crippen molar-refractivity contribution in [2.24, 2.45) is 5.92 Å². The molecule has 0 radical (unpaired) electrons. The van der Waals surface area contributed by atoms with Gasteiger partial charge in [0.25, 0.3) is 5.91 Å². The van der Waals surface area contributed by atoms with Gasteiger partial charge < -0.3 is 15.4 Å². The summed E-state index contributed by atoms with van der Waals surface area (Å²) < 4.78 is 38.4. The highest BCUT2D eigenvalue weighted by Crippen LogP contribution is 2.29. The van der Waals surface area contributed by atoms with E-state index in [0.717, 1.165) is 12.1 Å². The molecule has 8 nitrogen and oxygen atoms in total. The smallest absolute Gasteiger partial charge is 0.372 e. The number of nitrogens with zero attached hydrogens (tertiary/aromatic N) is 1. The molecule has 0 bridgehead atoms. The predicted octanol–water partition coefficient (Wildman–Crippen LogP) is 2.67. The topological polar surface area (TPSA) is 109 Å². The van der Waals surface area contributed by atoms with Crippen LogP contribution in [0.15, 0.2) is 45.7 Å². The van der Waals surface area contributed by atoms with Gasteiger partial charge in [0.2, 0.25) is 0 Å². The largest absolute Gasteiger partial charge is 0.439 e. The Morgan fingerprint density at radius 3 is 2.84 bits per heavy atom. The highest BCUT2D eigenvalue weighted by Gasteiger charge is 2.27. The summed E-state index contributed by atoms with van der Waals surface area (Å²) in [4.78, 5) is 26.2. The van der Waals surface area contributed by atoms with Gasteiger partial charge in [0.1, 0.15) is 11.6 Å². The minimum absolute atomic E-state index is 0.00903. The molecule has 3 aromatic rings. The SMILES string of the molecule is O=C(NC[C@@H]1CNCCO[C@H]1c1ccc(Cl)c(F)c1)c1cc(F)cc(-c2noc(=O)[nH]2)c1. The van der Waals surface area contributed by atoms with Gasteiger partial charge in [0.05, 0.1) is 17.7 Å². The summed E-state index contributed by atoms with van der Waals surface area (Å²) in [5, 5.41) is 9.51. The maximum atomic E-state index is 14.1. The molecule has 2 atom stereocenters. The van der Waals surface area contributed by atoms with E-state index in [1.165, 1.54) is 18.2 Å². The van der Waals surface area contributed by atoms with Crippen LogP contribution in [0.25, 0.3) is 11.4 Å². The van der Waals surface area contributed by atoms with Crippen molar-refractivity contribution in [1.29, 1.82) is 0 Å². The van der Waals surface area contributed by atoms with Crippen LogP contribution in [0.1, 0.15) is 22.0 Å². The van der Waals surface area contributed by atoms with Gasteiger partial charge in [-0.3, -0.25) is 14.3 Å². The molecular formula is C21H19ClF2N4O4. The van der Waals surface area contributed by atoms with Crippen molar-refractivity contribution >= 4 is 17.5 Å². The Bertz CT molecular complexity index is 1180. The Morgan fingerprint density at radius 1 is 1.25 bits per heavy atom. The molecule has 1 aliphatic rings. The minimum atomic E-state index is -0.791. The Balaban J connectivity index is 1.51. The lowest BCUT2D eigenvalue weighted by molar-refractivity contribution is 0.0304. The number of aromatic amines is 1. The Labute approximate surface area is 185 Å². The van der Waals surface area contributed by atoms with E-state index in [-0.39, 0.29) is 34.4 Å². The molecule has 1 aliphatic heterocycles. The third-order valence-corrected chi connectivity index (χ3v) is 5.39. The van der Waals surface area contributed by atoms with Crippen LogP contribution in [0.5, 0.6) is 0 Å². The number of carbonyl (C=O) groups is 1. The molecule has 2 aromatic carbocycles. The van der Waals surface area contributed by atoms with Gasteiger partial charge in [0.15, 0.2) is 5.82 Å². The summed E-state index contributed by atoms with van der Waals surface area (Å²) >= 11 is 5.78. The average Bonchev–Trinajstić information content (AvgIpc) is 3.07. The number of rotatable bonds is 5. The summed E-state index contributed by atoms with van der Waals surface area (Å²) in [5.74, 6) is -2.75. The number of aromatic nitrogens is 2. The van der Waals surface area contributed by atoms with Crippen molar-refractivity contribution in [2.45, 2.75) is 6.10 Å². The zero-order valence-electron chi connectivity index (χ0n) is 16.7. The van der Waals surface area contributed by atoms with Crippen LogP contribution in [0.2, 0.25) is 5.02 Å². The summed E-state index contributed by atoms with van der Waals surface area (Å²) in [7, 11) is 0. The first-order valence-corrected chi connectivity index (χ1v) is 10.2. The van der Waals surface area contributed by atoms with E-state index in [4.69, 9.17) is 16.3 Å². The summed E-state index contributed by atoms with van der Waals surface area (Å²) in [6, 6.07) is 8.06. The normalized spacial score (nSPS) is 18.8. The summed E-state index contributed by atoms with van der Waals surface area (Å²) in [6.45, 7) is 1.74. The van der Waals surface area contributed by atoms with E-state index in [2.05, 4.69) is 25.3 Å². The van der Waals surface area contributed by atoms with Crippen molar-refractivity contribution in [1.82, 2.24) is 20.8 Å². The third-order valence-electron chi connectivity index (χ3n) is 5.08. The van der Waals surface area contributed by atoms with Crippen LogP contribution in [-0.4, -0.2) is 42.3 Å². The Morgan fingerprint density at radius 2 is 2.09 bits per heavy atom. The number of hydrogen-bond acceptors (Lipinski definition) is 6.